The molecule has 196 valence electrons. The molecule has 7 atom stereocenters. The summed E-state index contributed by atoms with van der Waals surface area (Å²) in [4.78, 5) is 53.5. The van der Waals surface area contributed by atoms with Gasteiger partial charge in [0.15, 0.2) is 11.8 Å². The second-order valence-electron chi connectivity index (χ2n) is 8.14. The van der Waals surface area contributed by atoms with Crippen LogP contribution < -0.4 is 11.2 Å². The first-order chi connectivity index (χ1) is 16.8. The van der Waals surface area contributed by atoms with Gasteiger partial charge in [0.05, 0.1) is 20.6 Å². The van der Waals surface area contributed by atoms with Crippen molar-refractivity contribution in [2.75, 3.05) is 6.16 Å². The maximum Gasteiger partial charge on any atom is 0.351 e. The van der Waals surface area contributed by atoms with E-state index in [1.165, 1.54) is 0 Å². The Morgan fingerprint density at radius 2 is 1.83 bits per heavy atom. The molecule has 0 amide bonds. The molecule has 3 heterocycles. The van der Waals surface area contributed by atoms with Crippen LogP contribution in [-0.4, -0.2) is 63.7 Å². The minimum absolute atomic E-state index is 0.233. The van der Waals surface area contributed by atoms with Crippen LogP contribution in [0.2, 0.25) is 0 Å². The van der Waals surface area contributed by atoms with E-state index < -0.39 is 66.0 Å². The highest BCUT2D eigenvalue weighted by atomic mass is 32.7. The van der Waals surface area contributed by atoms with Crippen molar-refractivity contribution in [1.29, 1.82) is 0 Å². The van der Waals surface area contributed by atoms with Crippen LogP contribution in [0.3, 0.4) is 0 Å². The Morgan fingerprint density at radius 3 is 2.53 bits per heavy atom. The van der Waals surface area contributed by atoms with Crippen LogP contribution in [0.25, 0.3) is 11.0 Å². The number of hydrogen-bond acceptors (Lipinski definition) is 9. The van der Waals surface area contributed by atoms with E-state index in [1.807, 2.05) is 13.0 Å². The summed E-state index contributed by atoms with van der Waals surface area (Å²) in [5, 5.41) is 25.5. The Bertz CT molecular complexity index is 1500. The molecule has 0 radical (unpaired) electrons. The summed E-state index contributed by atoms with van der Waals surface area (Å²) in [5.74, 6) is 0. The smallest absolute Gasteiger partial charge is 0.351 e. The minimum atomic E-state index is -4.72. The number of rotatable bonds is 8. The van der Waals surface area contributed by atoms with Gasteiger partial charge in [-0.2, -0.15) is 0 Å². The number of fused-ring (bicyclic) bond motifs is 1. The molecule has 0 spiro atoms. The molecule has 14 nitrogen and oxygen atoms in total. The van der Waals surface area contributed by atoms with Gasteiger partial charge in [0.2, 0.25) is 6.75 Å². The first kappa shape index (κ1) is 27.5. The lowest BCUT2D eigenvalue weighted by atomic mass is 10.1. The Kier molecular flexibility index (Phi) is 7.87. The lowest BCUT2D eigenvalue weighted by molar-refractivity contribution is -0.0348. The zero-order valence-corrected chi connectivity index (χ0v) is 22.3. The Balaban J connectivity index is 1.58. The van der Waals surface area contributed by atoms with Crippen molar-refractivity contribution in [3.8, 4) is 0 Å². The van der Waals surface area contributed by atoms with E-state index in [-0.39, 0.29) is 12.7 Å². The number of ether oxygens (including phenoxy) is 1. The largest absolute Gasteiger partial charge is 0.388 e. The van der Waals surface area contributed by atoms with Gasteiger partial charge in [0.25, 0.3) is 5.56 Å². The topological polar surface area (TPSA) is 215 Å². The number of aryl methyl sites for hydroxylation is 1. The fourth-order valence-corrected chi connectivity index (χ4v) is 17.7. The summed E-state index contributed by atoms with van der Waals surface area (Å²) in [6.07, 6.45) is -4.98. The van der Waals surface area contributed by atoms with Crippen LogP contribution >= 0.6 is 30.3 Å². The maximum atomic E-state index is 13.2. The molecule has 0 aliphatic carbocycles. The van der Waals surface area contributed by atoms with Gasteiger partial charge in [-0.1, -0.05) is 17.3 Å². The molecule has 2 aromatic heterocycles. The van der Waals surface area contributed by atoms with Gasteiger partial charge in [0.1, 0.15) is 17.9 Å². The molecule has 4 rings (SSSR count). The SMILES string of the molecule is Cc1cccc2onc(Cn3c(=O)ccn([C@@H]4O[C@H](CPP(=O)(O)PP(=O)(O)O)C(O)[C@@H]4O)c3=O)c12. The molecule has 4 unspecified atom stereocenters. The van der Waals surface area contributed by atoms with Crippen LogP contribution in [0, 0.1) is 6.92 Å². The zero-order chi connectivity index (χ0) is 26.4. The number of hydrogen-bond donors (Lipinski definition) is 5. The van der Waals surface area contributed by atoms with E-state index in [9.17, 15) is 33.8 Å². The number of nitrogens with zero attached hydrogens (tertiary/aromatic N) is 3. The van der Waals surface area contributed by atoms with Crippen LogP contribution in [0.15, 0.2) is 44.6 Å². The predicted molar refractivity (Wildman–Crippen MR) is 132 cm³/mol. The molecule has 1 aromatic carbocycles. The molecule has 1 aliphatic rings. The Labute approximate surface area is 205 Å². The van der Waals surface area contributed by atoms with Gasteiger partial charge in [0, 0.05) is 23.8 Å². The van der Waals surface area contributed by atoms with Crippen molar-refractivity contribution < 1.29 is 43.3 Å². The molecule has 1 fully saturated rings. The quantitative estimate of drug-likeness (QED) is 0.232. The first-order valence-corrected chi connectivity index (χ1v) is 18.4. The number of aliphatic hydroxyl groups is 2. The summed E-state index contributed by atoms with van der Waals surface area (Å²) in [7, 11) is -7.08. The number of aliphatic hydroxyl groups excluding tert-OH is 2. The van der Waals surface area contributed by atoms with Gasteiger partial charge in [-0.25, -0.2) is 4.79 Å². The summed E-state index contributed by atoms with van der Waals surface area (Å²) in [6, 6.07) is 6.38. The first-order valence-electron chi connectivity index (χ1n) is 10.4. The molecule has 0 saturated carbocycles. The van der Waals surface area contributed by atoms with Crippen molar-refractivity contribution in [1.82, 2.24) is 14.3 Å². The fraction of sp³-hybridized carbons (Fsp3) is 0.389. The predicted octanol–water partition coefficient (Wildman–Crippen LogP) is 0.677. The summed E-state index contributed by atoms with van der Waals surface area (Å²) in [5.41, 5.74) is 0.150. The normalized spacial score (nSPS) is 24.9. The highest BCUT2D eigenvalue weighted by Crippen LogP contribution is 2.85. The summed E-state index contributed by atoms with van der Waals surface area (Å²) >= 11 is 0. The number of benzene rings is 1. The van der Waals surface area contributed by atoms with Gasteiger partial charge in [-0.15, -0.1) is 0 Å². The van der Waals surface area contributed by atoms with Crippen molar-refractivity contribution >= 4 is 41.2 Å². The zero-order valence-electron chi connectivity index (χ0n) is 18.5. The third-order valence-electron chi connectivity index (χ3n) is 5.56. The van der Waals surface area contributed by atoms with E-state index in [0.29, 0.717) is 16.7 Å². The monoisotopic (exact) mass is 581 g/mol. The van der Waals surface area contributed by atoms with E-state index in [0.717, 1.165) is 27.0 Å². The molecule has 1 saturated heterocycles. The third kappa shape index (κ3) is 5.79. The molecule has 0 bridgehead atoms. The van der Waals surface area contributed by atoms with Crippen LogP contribution in [0.4, 0.5) is 0 Å². The molecule has 1 aliphatic heterocycles. The van der Waals surface area contributed by atoms with E-state index in [1.54, 1.807) is 12.1 Å². The highest BCUT2D eigenvalue weighted by Gasteiger charge is 2.45. The molecule has 5 N–H and O–H groups in total. The van der Waals surface area contributed by atoms with Crippen molar-refractivity contribution in [2.24, 2.45) is 0 Å². The van der Waals surface area contributed by atoms with Crippen molar-refractivity contribution in [3.63, 3.8) is 0 Å². The maximum absolute atomic E-state index is 13.2. The Morgan fingerprint density at radius 1 is 1.11 bits per heavy atom. The molecular weight excluding hydrogens is 558 g/mol. The van der Waals surface area contributed by atoms with E-state index in [4.69, 9.17) is 19.0 Å². The molecule has 3 aromatic rings. The van der Waals surface area contributed by atoms with Crippen molar-refractivity contribution in [3.05, 3.63) is 62.6 Å². The van der Waals surface area contributed by atoms with Crippen molar-refractivity contribution in [2.45, 2.75) is 38.0 Å². The standard InChI is InChI=1S/C18H23N3O11P4/c1-9-3-2-4-11-14(9)10(19-32-11)7-21-13(22)5-6-20(18(21)25)17-16(24)15(23)12(31-17)8-33-36(29,30)34-35(26,27)28/h2-6,12,15-17,23-24,33-34H,7-8H2,1H3,(H,29,30)(H2,26,27,28)/t12-,15?,16+,17-/m1/s1. The van der Waals surface area contributed by atoms with Gasteiger partial charge in [-0.05, 0) is 26.8 Å². The van der Waals surface area contributed by atoms with E-state index in [2.05, 4.69) is 5.16 Å². The lowest BCUT2D eigenvalue weighted by Crippen LogP contribution is -2.43. The van der Waals surface area contributed by atoms with Crippen LogP contribution in [-0.2, 0) is 20.4 Å². The highest BCUT2D eigenvalue weighted by molar-refractivity contribution is 8.68. The van der Waals surface area contributed by atoms with Gasteiger partial charge < -0.3 is 34.2 Å². The van der Waals surface area contributed by atoms with Gasteiger partial charge >= 0.3 is 13.0 Å². The second kappa shape index (κ2) is 10.3. The minimum Gasteiger partial charge on any atom is -0.388 e. The number of aromatic nitrogens is 3. The fourth-order valence-electron chi connectivity index (χ4n) is 3.92. The van der Waals surface area contributed by atoms with Gasteiger partial charge in [-0.3, -0.25) is 23.1 Å². The average molecular weight is 581 g/mol. The molecule has 36 heavy (non-hydrogen) atoms. The molecular formula is C18H23N3O11P4. The lowest BCUT2D eigenvalue weighted by Gasteiger charge is -2.19. The van der Waals surface area contributed by atoms with E-state index >= 15 is 0 Å². The summed E-state index contributed by atoms with van der Waals surface area (Å²) < 4.78 is 35.9. The third-order valence-corrected chi connectivity index (χ3v) is 19.4. The Hall–Kier alpha value is -1.55. The second-order valence-corrected chi connectivity index (χ2v) is 21.4. The molecule has 18 heteroatoms. The average Bonchev–Trinajstić information content (AvgIpc) is 3.30. The van der Waals surface area contributed by atoms with Crippen LogP contribution in [0.1, 0.15) is 17.5 Å². The van der Waals surface area contributed by atoms with Crippen LogP contribution in [0.5, 0.6) is 0 Å². The summed E-state index contributed by atoms with van der Waals surface area (Å²) in [6.45, 7) is -2.60.